The fourth-order valence-electron chi connectivity index (χ4n) is 0.908. The molecule has 0 bridgehead atoms. The predicted octanol–water partition coefficient (Wildman–Crippen LogP) is 2.69. The minimum Gasteiger partial charge on any atom is -0.462 e. The van der Waals surface area contributed by atoms with Gasteiger partial charge in [-0.3, -0.25) is 14.9 Å². The molecule has 0 aliphatic rings. The topological polar surface area (TPSA) is 73.3 Å². The Morgan fingerprint density at radius 2 is 1.81 bits per heavy atom. The molecule has 82 valence electrons. The molecule has 1 heterocycles. The zero-order valence-electron chi connectivity index (χ0n) is 8.28. The van der Waals surface area contributed by atoms with Gasteiger partial charge in [0, 0.05) is 12.1 Å². The van der Waals surface area contributed by atoms with Crippen LogP contribution in [0.1, 0.15) is 10.6 Å². The summed E-state index contributed by atoms with van der Waals surface area (Å²) in [5.74, 6) is 0.375. The van der Waals surface area contributed by atoms with E-state index in [9.17, 15) is 14.9 Å². The van der Waals surface area contributed by atoms with Gasteiger partial charge in [-0.05, 0) is 12.1 Å². The number of nitro benzene ring substituents is 1. The third kappa shape index (κ3) is 3.75. The van der Waals surface area contributed by atoms with Crippen LogP contribution in [0.5, 0.6) is 0 Å². The molecule has 5 heteroatoms. The van der Waals surface area contributed by atoms with Gasteiger partial charge < -0.3 is 4.42 Å². The first-order valence-electron chi connectivity index (χ1n) is 4.42. The molecular formula is C11H9NO4. The smallest absolute Gasteiger partial charge is 0.269 e. The van der Waals surface area contributed by atoms with Crippen molar-refractivity contribution in [2.75, 3.05) is 0 Å². The molecule has 0 aliphatic carbocycles. The molecule has 0 N–H and O–H groups in total. The Kier molecular flexibility index (Phi) is 4.46. The molecule has 2 aromatic rings. The van der Waals surface area contributed by atoms with Gasteiger partial charge in [0.05, 0.1) is 11.2 Å². The number of benzene rings is 1. The number of nitrogens with zero attached hydrogens (tertiary/aromatic N) is 1. The first-order valence-corrected chi connectivity index (χ1v) is 4.42. The fourth-order valence-corrected chi connectivity index (χ4v) is 0.908. The van der Waals surface area contributed by atoms with Crippen LogP contribution in [0.2, 0.25) is 0 Å². The highest BCUT2D eigenvalue weighted by Crippen LogP contribution is 2.06. The minimum atomic E-state index is -0.417. The lowest BCUT2D eigenvalue weighted by atomic mass is 10.3. The summed E-state index contributed by atoms with van der Waals surface area (Å²) in [7, 11) is 0. The summed E-state index contributed by atoms with van der Waals surface area (Å²) >= 11 is 0. The van der Waals surface area contributed by atoms with Crippen molar-refractivity contribution in [2.45, 2.75) is 0 Å². The first kappa shape index (κ1) is 11.6. The van der Waals surface area contributed by atoms with Crippen molar-refractivity contribution in [1.82, 2.24) is 0 Å². The van der Waals surface area contributed by atoms with Gasteiger partial charge in [0.1, 0.15) is 0 Å². The van der Waals surface area contributed by atoms with Crippen molar-refractivity contribution in [3.63, 3.8) is 0 Å². The van der Waals surface area contributed by atoms with Crippen molar-refractivity contribution in [2.24, 2.45) is 0 Å². The monoisotopic (exact) mass is 219 g/mol. The van der Waals surface area contributed by atoms with Gasteiger partial charge in [-0.25, -0.2) is 0 Å². The molecule has 1 aromatic heterocycles. The summed E-state index contributed by atoms with van der Waals surface area (Å²) in [6, 6.07) is 11.2. The molecule has 0 amide bonds. The van der Waals surface area contributed by atoms with Gasteiger partial charge >= 0.3 is 0 Å². The summed E-state index contributed by atoms with van der Waals surface area (Å²) in [6.45, 7) is 0. The lowest BCUT2D eigenvalue weighted by molar-refractivity contribution is -0.384. The summed E-state index contributed by atoms with van der Waals surface area (Å²) in [4.78, 5) is 19.4. The van der Waals surface area contributed by atoms with Crippen LogP contribution < -0.4 is 0 Å². The fraction of sp³-hybridized carbons (Fsp3) is 0. The summed E-state index contributed by atoms with van der Waals surface area (Å²) in [6.07, 6.45) is 2.13. The van der Waals surface area contributed by atoms with Crippen molar-refractivity contribution in [3.8, 4) is 0 Å². The quantitative estimate of drug-likeness (QED) is 0.442. The molecule has 0 saturated heterocycles. The molecule has 1 aromatic carbocycles. The standard InChI is InChI=1S/C6H5NO2.C5H4O2/c8-7(9)6-4-2-1-3-5-6;6-4-5-2-1-3-7-5/h1-5H;1-4H. The van der Waals surface area contributed by atoms with Gasteiger partial charge in [-0.15, -0.1) is 0 Å². The highest BCUT2D eigenvalue weighted by Gasteiger charge is 1.98. The zero-order valence-corrected chi connectivity index (χ0v) is 8.28. The summed E-state index contributed by atoms with van der Waals surface area (Å²) in [5, 5.41) is 10.0. The number of aldehydes is 1. The van der Waals surface area contributed by atoms with Gasteiger partial charge in [0.2, 0.25) is 0 Å². The molecule has 2 rings (SSSR count). The maximum absolute atomic E-state index is 10.0. The summed E-state index contributed by atoms with van der Waals surface area (Å²) in [5.41, 5.74) is 0.137. The molecule has 0 spiro atoms. The number of rotatable bonds is 2. The number of carbonyl (C=O) groups excluding carboxylic acids is 1. The van der Waals surface area contributed by atoms with Crippen LogP contribution in [-0.2, 0) is 0 Å². The van der Waals surface area contributed by atoms with E-state index in [2.05, 4.69) is 4.42 Å². The van der Waals surface area contributed by atoms with Gasteiger partial charge in [0.15, 0.2) is 12.0 Å². The van der Waals surface area contributed by atoms with Crippen LogP contribution in [0, 0.1) is 10.1 Å². The van der Waals surface area contributed by atoms with Crippen molar-refractivity contribution in [1.29, 1.82) is 0 Å². The Hall–Kier alpha value is -2.43. The Balaban J connectivity index is 0.000000165. The van der Waals surface area contributed by atoms with Crippen LogP contribution in [-0.4, -0.2) is 11.2 Å². The number of para-hydroxylation sites is 1. The van der Waals surface area contributed by atoms with Crippen molar-refractivity contribution < 1.29 is 14.1 Å². The van der Waals surface area contributed by atoms with Gasteiger partial charge in [-0.2, -0.15) is 0 Å². The zero-order chi connectivity index (χ0) is 11.8. The van der Waals surface area contributed by atoms with Crippen LogP contribution >= 0.6 is 0 Å². The number of nitro groups is 1. The average Bonchev–Trinajstić information content (AvgIpc) is 2.84. The van der Waals surface area contributed by atoms with Gasteiger partial charge in [-0.1, -0.05) is 18.2 Å². The molecule has 0 unspecified atom stereocenters. The Morgan fingerprint density at radius 1 is 1.12 bits per heavy atom. The van der Waals surface area contributed by atoms with E-state index < -0.39 is 4.92 Å². The second-order valence-corrected chi connectivity index (χ2v) is 2.73. The van der Waals surface area contributed by atoms with E-state index in [1.807, 2.05) is 0 Å². The number of hydrogen-bond acceptors (Lipinski definition) is 4. The van der Waals surface area contributed by atoms with E-state index in [4.69, 9.17) is 0 Å². The van der Waals surface area contributed by atoms with Crippen molar-refractivity contribution >= 4 is 12.0 Å². The van der Waals surface area contributed by atoms with E-state index in [1.54, 1.807) is 30.3 Å². The van der Waals surface area contributed by atoms with Gasteiger partial charge in [0.25, 0.3) is 5.69 Å². The van der Waals surface area contributed by atoms with E-state index in [1.165, 1.54) is 18.4 Å². The molecule has 0 saturated carbocycles. The van der Waals surface area contributed by atoms with Crippen LogP contribution in [0.4, 0.5) is 5.69 Å². The van der Waals surface area contributed by atoms with E-state index in [-0.39, 0.29) is 5.69 Å². The molecule has 0 fully saturated rings. The molecule has 0 aliphatic heterocycles. The normalized spacial score (nSPS) is 8.75. The largest absolute Gasteiger partial charge is 0.462 e. The SMILES string of the molecule is O=Cc1ccco1.O=[N+]([O-])c1ccccc1. The Morgan fingerprint density at radius 3 is 2.12 bits per heavy atom. The second-order valence-electron chi connectivity index (χ2n) is 2.73. The van der Waals surface area contributed by atoms with E-state index in [0.717, 1.165) is 0 Å². The van der Waals surface area contributed by atoms with E-state index >= 15 is 0 Å². The number of hydrogen-bond donors (Lipinski definition) is 0. The maximum atomic E-state index is 10.0. The van der Waals surface area contributed by atoms with E-state index in [0.29, 0.717) is 12.0 Å². The third-order valence-corrected chi connectivity index (χ3v) is 1.63. The Bertz CT molecular complexity index is 436. The average molecular weight is 219 g/mol. The molecular weight excluding hydrogens is 210 g/mol. The Labute approximate surface area is 91.5 Å². The lowest BCUT2D eigenvalue weighted by Crippen LogP contribution is -1.84. The highest BCUT2D eigenvalue weighted by atomic mass is 16.6. The second kappa shape index (κ2) is 6.13. The van der Waals surface area contributed by atoms with Crippen LogP contribution in [0.15, 0.2) is 53.1 Å². The lowest BCUT2D eigenvalue weighted by Gasteiger charge is -1.85. The van der Waals surface area contributed by atoms with Crippen molar-refractivity contribution in [3.05, 3.63) is 64.6 Å². The maximum Gasteiger partial charge on any atom is 0.269 e. The van der Waals surface area contributed by atoms with Crippen LogP contribution in [0.25, 0.3) is 0 Å². The molecule has 0 atom stereocenters. The predicted molar refractivity (Wildman–Crippen MR) is 57.2 cm³/mol. The molecule has 5 nitrogen and oxygen atoms in total. The first-order chi connectivity index (χ1) is 7.74. The number of carbonyl (C=O) groups is 1. The number of non-ortho nitro benzene ring substituents is 1. The number of furan rings is 1. The third-order valence-electron chi connectivity index (χ3n) is 1.63. The summed E-state index contributed by atoms with van der Waals surface area (Å²) < 4.78 is 4.61. The minimum absolute atomic E-state index is 0.137. The molecule has 0 radical (unpaired) electrons. The molecule has 16 heavy (non-hydrogen) atoms. The van der Waals surface area contributed by atoms with Crippen LogP contribution in [0.3, 0.4) is 0 Å². The highest BCUT2D eigenvalue weighted by molar-refractivity contribution is 5.69.